The fourth-order valence-corrected chi connectivity index (χ4v) is 3.62. The highest BCUT2D eigenvalue weighted by Gasteiger charge is 2.31. The van der Waals surface area contributed by atoms with Crippen molar-refractivity contribution in [2.75, 3.05) is 45.8 Å². The summed E-state index contributed by atoms with van der Waals surface area (Å²) in [5.41, 5.74) is 6.00. The molecule has 1 saturated carbocycles. The van der Waals surface area contributed by atoms with Gasteiger partial charge in [-0.1, -0.05) is 20.3 Å². The predicted octanol–water partition coefficient (Wildman–Crippen LogP) is 0.517. The van der Waals surface area contributed by atoms with Gasteiger partial charge in [-0.15, -0.1) is 0 Å². The summed E-state index contributed by atoms with van der Waals surface area (Å²) in [5, 5.41) is 0. The van der Waals surface area contributed by atoms with Gasteiger partial charge in [0.1, 0.15) is 0 Å². The highest BCUT2D eigenvalue weighted by Crippen LogP contribution is 2.25. The van der Waals surface area contributed by atoms with Crippen LogP contribution in [0.15, 0.2) is 0 Å². The van der Waals surface area contributed by atoms with Crippen LogP contribution in [0.2, 0.25) is 0 Å². The average Bonchev–Trinajstić information content (AvgIpc) is 2.59. The van der Waals surface area contributed by atoms with E-state index in [1.54, 1.807) is 0 Å². The van der Waals surface area contributed by atoms with Crippen LogP contribution in [0.3, 0.4) is 0 Å². The minimum Gasteiger partial charge on any atom is -0.339 e. The third kappa shape index (κ3) is 4.91. The first-order valence-corrected chi connectivity index (χ1v) is 9.09. The second-order valence-electron chi connectivity index (χ2n) is 6.79. The van der Waals surface area contributed by atoms with E-state index in [4.69, 9.17) is 5.73 Å². The summed E-state index contributed by atoms with van der Waals surface area (Å²) in [6, 6.07) is 0.176. The van der Waals surface area contributed by atoms with E-state index < -0.39 is 0 Å². The highest BCUT2D eigenvalue weighted by molar-refractivity contribution is 5.81. The van der Waals surface area contributed by atoms with E-state index in [2.05, 4.69) is 18.7 Å². The van der Waals surface area contributed by atoms with Crippen LogP contribution in [0.4, 0.5) is 0 Å². The molecule has 0 spiro atoms. The van der Waals surface area contributed by atoms with Crippen molar-refractivity contribution < 1.29 is 9.59 Å². The molecule has 6 nitrogen and oxygen atoms in total. The van der Waals surface area contributed by atoms with E-state index in [9.17, 15) is 9.59 Å². The van der Waals surface area contributed by atoms with E-state index in [1.807, 2.05) is 9.80 Å². The molecular formula is C17H32N4O2. The fraction of sp³-hybridized carbons (Fsp3) is 0.882. The van der Waals surface area contributed by atoms with Crippen molar-refractivity contribution in [3.63, 3.8) is 0 Å². The topological polar surface area (TPSA) is 69.9 Å². The maximum atomic E-state index is 12.6. The van der Waals surface area contributed by atoms with Crippen molar-refractivity contribution in [3.05, 3.63) is 0 Å². The van der Waals surface area contributed by atoms with Gasteiger partial charge >= 0.3 is 0 Å². The van der Waals surface area contributed by atoms with Gasteiger partial charge in [-0.25, -0.2) is 0 Å². The van der Waals surface area contributed by atoms with Crippen LogP contribution in [0.5, 0.6) is 0 Å². The molecule has 0 bridgehead atoms. The minimum absolute atomic E-state index is 0.0941. The number of likely N-dealkylation sites (N-methyl/N-ethyl adjacent to an activating group) is 1. The molecule has 0 aromatic heterocycles. The zero-order chi connectivity index (χ0) is 16.8. The molecule has 2 rings (SSSR count). The lowest BCUT2D eigenvalue weighted by atomic mass is 9.85. The number of piperazine rings is 1. The Labute approximate surface area is 140 Å². The van der Waals surface area contributed by atoms with Crippen LogP contribution in [0.25, 0.3) is 0 Å². The zero-order valence-corrected chi connectivity index (χ0v) is 14.7. The largest absolute Gasteiger partial charge is 0.339 e. The first kappa shape index (κ1) is 18.2. The Balaban J connectivity index is 1.79. The molecule has 2 atom stereocenters. The normalized spacial score (nSPS) is 25.7. The number of carbonyl (C=O) groups is 2. The van der Waals surface area contributed by atoms with E-state index in [0.29, 0.717) is 32.7 Å². The molecule has 1 aliphatic heterocycles. The quantitative estimate of drug-likeness (QED) is 0.800. The summed E-state index contributed by atoms with van der Waals surface area (Å²) in [4.78, 5) is 30.9. The summed E-state index contributed by atoms with van der Waals surface area (Å²) in [7, 11) is 0. The smallest absolute Gasteiger partial charge is 0.236 e. The van der Waals surface area contributed by atoms with Crippen LogP contribution >= 0.6 is 0 Å². The molecule has 1 heterocycles. The molecular weight excluding hydrogens is 292 g/mol. The number of carbonyl (C=O) groups excluding carboxylic acids is 2. The van der Waals surface area contributed by atoms with Gasteiger partial charge in [-0.2, -0.15) is 0 Å². The maximum Gasteiger partial charge on any atom is 0.236 e. The number of nitrogens with zero attached hydrogens (tertiary/aromatic N) is 3. The molecule has 2 N–H and O–H groups in total. The lowest BCUT2D eigenvalue weighted by molar-refractivity contribution is -0.143. The van der Waals surface area contributed by atoms with Gasteiger partial charge in [-0.05, 0) is 32.4 Å². The molecule has 2 aliphatic rings. The Bertz CT molecular complexity index is 403. The summed E-state index contributed by atoms with van der Waals surface area (Å²) >= 11 is 0. The Morgan fingerprint density at radius 1 is 1.04 bits per heavy atom. The maximum absolute atomic E-state index is 12.6. The summed E-state index contributed by atoms with van der Waals surface area (Å²) in [5.74, 6) is 0.521. The zero-order valence-electron chi connectivity index (χ0n) is 14.7. The molecule has 2 fully saturated rings. The third-order valence-corrected chi connectivity index (χ3v) is 5.26. The molecule has 2 unspecified atom stereocenters. The summed E-state index contributed by atoms with van der Waals surface area (Å²) in [6.45, 7) is 9.05. The summed E-state index contributed by atoms with van der Waals surface area (Å²) in [6.07, 6.45) is 3.88. The van der Waals surface area contributed by atoms with Crippen molar-refractivity contribution >= 4 is 11.8 Å². The Kier molecular flexibility index (Phi) is 6.84. The van der Waals surface area contributed by atoms with Gasteiger partial charge in [0.15, 0.2) is 0 Å². The SMILES string of the molecule is CCN(CC)CC(=O)N1CCN(C(=O)C2CCCC(N)C2)CC1. The fourth-order valence-electron chi connectivity index (χ4n) is 3.62. The van der Waals surface area contributed by atoms with Gasteiger partial charge in [0.05, 0.1) is 6.54 Å². The molecule has 1 aliphatic carbocycles. The number of nitrogens with two attached hydrogens (primary N) is 1. The first-order valence-electron chi connectivity index (χ1n) is 9.09. The van der Waals surface area contributed by atoms with Crippen LogP contribution in [0.1, 0.15) is 39.5 Å². The monoisotopic (exact) mass is 324 g/mol. The molecule has 6 heteroatoms. The van der Waals surface area contributed by atoms with Gasteiger partial charge in [0, 0.05) is 38.1 Å². The third-order valence-electron chi connectivity index (χ3n) is 5.26. The van der Waals surface area contributed by atoms with Crippen LogP contribution < -0.4 is 5.73 Å². The van der Waals surface area contributed by atoms with E-state index in [1.165, 1.54) is 0 Å². The van der Waals surface area contributed by atoms with Gasteiger partial charge < -0.3 is 15.5 Å². The molecule has 0 radical (unpaired) electrons. The number of rotatable bonds is 5. The van der Waals surface area contributed by atoms with E-state index >= 15 is 0 Å². The van der Waals surface area contributed by atoms with Crippen molar-refractivity contribution in [2.45, 2.75) is 45.6 Å². The molecule has 132 valence electrons. The Morgan fingerprint density at radius 3 is 2.22 bits per heavy atom. The number of hydrogen-bond acceptors (Lipinski definition) is 4. The minimum atomic E-state index is 0.0941. The molecule has 1 saturated heterocycles. The second-order valence-corrected chi connectivity index (χ2v) is 6.79. The van der Waals surface area contributed by atoms with E-state index in [-0.39, 0.29) is 23.8 Å². The number of amides is 2. The van der Waals surface area contributed by atoms with Gasteiger partial charge in [-0.3, -0.25) is 14.5 Å². The van der Waals surface area contributed by atoms with Crippen LogP contribution in [-0.2, 0) is 9.59 Å². The predicted molar refractivity (Wildman–Crippen MR) is 90.9 cm³/mol. The van der Waals surface area contributed by atoms with Crippen molar-refractivity contribution in [2.24, 2.45) is 11.7 Å². The molecule has 0 aromatic carbocycles. The Hall–Kier alpha value is -1.14. The summed E-state index contributed by atoms with van der Waals surface area (Å²) < 4.78 is 0. The number of hydrogen-bond donors (Lipinski definition) is 1. The lowest BCUT2D eigenvalue weighted by Crippen LogP contribution is -2.54. The van der Waals surface area contributed by atoms with Crippen LogP contribution in [-0.4, -0.2) is 78.4 Å². The van der Waals surface area contributed by atoms with E-state index in [0.717, 1.165) is 38.8 Å². The van der Waals surface area contributed by atoms with Crippen molar-refractivity contribution in [1.82, 2.24) is 14.7 Å². The van der Waals surface area contributed by atoms with Crippen molar-refractivity contribution in [1.29, 1.82) is 0 Å². The molecule has 23 heavy (non-hydrogen) atoms. The van der Waals surface area contributed by atoms with Gasteiger partial charge in [0.25, 0.3) is 0 Å². The molecule has 2 amide bonds. The Morgan fingerprint density at radius 2 is 1.65 bits per heavy atom. The second kappa shape index (κ2) is 8.64. The lowest BCUT2D eigenvalue weighted by Gasteiger charge is -2.38. The highest BCUT2D eigenvalue weighted by atomic mass is 16.2. The molecule has 0 aromatic rings. The standard InChI is InChI=1S/C17H32N4O2/c1-3-19(4-2)13-16(22)20-8-10-21(11-9-20)17(23)14-6-5-7-15(18)12-14/h14-15H,3-13,18H2,1-2H3. The average molecular weight is 324 g/mol. The van der Waals surface area contributed by atoms with Gasteiger partial charge in [0.2, 0.25) is 11.8 Å². The van der Waals surface area contributed by atoms with Crippen molar-refractivity contribution in [3.8, 4) is 0 Å². The first-order chi connectivity index (χ1) is 11.0. The van der Waals surface area contributed by atoms with Crippen LogP contribution in [0, 0.1) is 5.92 Å².